The molecule has 0 saturated carbocycles. The van der Waals surface area contributed by atoms with Gasteiger partial charge in [-0.2, -0.15) is 0 Å². The van der Waals surface area contributed by atoms with Crippen molar-refractivity contribution in [3.8, 4) is 0 Å². The van der Waals surface area contributed by atoms with Gasteiger partial charge in [-0.25, -0.2) is 4.79 Å². The summed E-state index contributed by atoms with van der Waals surface area (Å²) < 4.78 is 1.56. The van der Waals surface area contributed by atoms with Gasteiger partial charge in [0.05, 0.1) is 6.61 Å². The molecule has 1 aromatic carbocycles. The third-order valence-electron chi connectivity index (χ3n) is 2.41. The number of aliphatic hydroxyl groups is 1. The maximum absolute atomic E-state index is 11.0. The van der Waals surface area contributed by atoms with Crippen LogP contribution in [0.4, 0.5) is 0 Å². The smallest absolute Gasteiger partial charge is 0.352 e. The Morgan fingerprint density at radius 3 is 2.75 bits per heavy atom. The molecule has 2 aromatic rings. The zero-order valence-electron chi connectivity index (χ0n) is 8.35. The largest absolute Gasteiger partial charge is 0.477 e. The van der Waals surface area contributed by atoms with Crippen LogP contribution in [-0.4, -0.2) is 27.4 Å². The molecule has 84 valence electrons. The molecule has 0 unspecified atom stereocenters. The zero-order valence-corrected chi connectivity index (χ0v) is 9.11. The van der Waals surface area contributed by atoms with Crippen LogP contribution in [-0.2, 0) is 6.54 Å². The Bertz CT molecular complexity index is 547. The van der Waals surface area contributed by atoms with Crippen LogP contribution in [0.1, 0.15) is 10.5 Å². The van der Waals surface area contributed by atoms with Gasteiger partial charge in [0.2, 0.25) is 0 Å². The topological polar surface area (TPSA) is 62.5 Å². The number of nitrogens with zero attached hydrogens (tertiary/aromatic N) is 1. The maximum atomic E-state index is 11.0. The Morgan fingerprint density at radius 1 is 1.38 bits per heavy atom. The standard InChI is InChI=1S/C11H10ClNO3/c12-8-1-2-9-7(5-8)6-10(11(15)16)13(9)3-4-14/h1-2,5-6,14H,3-4H2,(H,15,16). The number of carboxylic acid groups (broad SMARTS) is 1. The van der Waals surface area contributed by atoms with Crippen molar-refractivity contribution in [3.05, 3.63) is 35.0 Å². The number of aliphatic hydroxyl groups excluding tert-OH is 1. The molecule has 0 aliphatic rings. The molecule has 0 fully saturated rings. The van der Waals surface area contributed by atoms with E-state index in [1.165, 1.54) is 0 Å². The monoisotopic (exact) mass is 239 g/mol. The fraction of sp³-hybridized carbons (Fsp3) is 0.182. The van der Waals surface area contributed by atoms with Crippen LogP contribution >= 0.6 is 11.6 Å². The van der Waals surface area contributed by atoms with Gasteiger partial charge in [0.25, 0.3) is 0 Å². The van der Waals surface area contributed by atoms with E-state index in [1.54, 1.807) is 28.8 Å². The lowest BCUT2D eigenvalue weighted by Gasteiger charge is -2.05. The van der Waals surface area contributed by atoms with Crippen LogP contribution < -0.4 is 0 Å². The zero-order chi connectivity index (χ0) is 11.7. The van der Waals surface area contributed by atoms with Gasteiger partial charge in [-0.15, -0.1) is 0 Å². The molecular formula is C11H10ClNO3. The van der Waals surface area contributed by atoms with E-state index in [0.29, 0.717) is 5.02 Å². The van der Waals surface area contributed by atoms with Crippen molar-refractivity contribution >= 4 is 28.5 Å². The third kappa shape index (κ3) is 1.77. The van der Waals surface area contributed by atoms with Gasteiger partial charge in [-0.1, -0.05) is 11.6 Å². The average molecular weight is 240 g/mol. The maximum Gasteiger partial charge on any atom is 0.352 e. The lowest BCUT2D eigenvalue weighted by atomic mass is 10.2. The molecule has 2 N–H and O–H groups in total. The molecule has 0 aliphatic heterocycles. The molecule has 0 amide bonds. The summed E-state index contributed by atoms with van der Waals surface area (Å²) in [5, 5.41) is 19.3. The number of carbonyl (C=O) groups is 1. The second-order valence-corrected chi connectivity index (χ2v) is 3.85. The number of benzene rings is 1. The summed E-state index contributed by atoms with van der Waals surface area (Å²) in [6.07, 6.45) is 0. The number of aromatic nitrogens is 1. The number of rotatable bonds is 3. The molecule has 0 radical (unpaired) electrons. The van der Waals surface area contributed by atoms with Gasteiger partial charge in [0.15, 0.2) is 0 Å². The van der Waals surface area contributed by atoms with Crippen LogP contribution in [0, 0.1) is 0 Å². The summed E-state index contributed by atoms with van der Waals surface area (Å²) in [5.74, 6) is -1.01. The molecular weight excluding hydrogens is 230 g/mol. The second kappa shape index (κ2) is 4.15. The van der Waals surface area contributed by atoms with Crippen molar-refractivity contribution in [2.24, 2.45) is 0 Å². The molecule has 1 heterocycles. The summed E-state index contributed by atoms with van der Waals surface area (Å²) in [6, 6.07) is 6.71. The van der Waals surface area contributed by atoms with E-state index in [2.05, 4.69) is 0 Å². The first-order valence-corrected chi connectivity index (χ1v) is 5.14. The molecule has 5 heteroatoms. The van der Waals surface area contributed by atoms with Crippen LogP contribution in [0.5, 0.6) is 0 Å². The van der Waals surface area contributed by atoms with Gasteiger partial charge in [-0.05, 0) is 24.3 Å². The average Bonchev–Trinajstić information content (AvgIpc) is 2.57. The summed E-state index contributed by atoms with van der Waals surface area (Å²) in [4.78, 5) is 11.0. The minimum atomic E-state index is -1.01. The van der Waals surface area contributed by atoms with Crippen molar-refractivity contribution in [1.82, 2.24) is 4.57 Å². The van der Waals surface area contributed by atoms with Crippen molar-refractivity contribution in [2.75, 3.05) is 6.61 Å². The van der Waals surface area contributed by atoms with E-state index >= 15 is 0 Å². The summed E-state index contributed by atoms with van der Waals surface area (Å²) in [7, 11) is 0. The SMILES string of the molecule is O=C(O)c1cc2cc(Cl)ccc2n1CCO. The number of halogens is 1. The lowest BCUT2D eigenvalue weighted by Crippen LogP contribution is -2.10. The Kier molecular flexibility index (Phi) is 2.85. The summed E-state index contributed by atoms with van der Waals surface area (Å²) in [6.45, 7) is 0.152. The highest BCUT2D eigenvalue weighted by atomic mass is 35.5. The molecule has 0 atom stereocenters. The van der Waals surface area contributed by atoms with E-state index in [-0.39, 0.29) is 18.8 Å². The Morgan fingerprint density at radius 2 is 2.12 bits per heavy atom. The Labute approximate surface area is 96.7 Å². The Balaban J connectivity index is 2.70. The minimum Gasteiger partial charge on any atom is -0.477 e. The predicted octanol–water partition coefficient (Wildman–Crippen LogP) is 1.99. The van der Waals surface area contributed by atoms with Crippen molar-refractivity contribution in [3.63, 3.8) is 0 Å². The van der Waals surface area contributed by atoms with Gasteiger partial charge in [-0.3, -0.25) is 0 Å². The first kappa shape index (κ1) is 11.0. The van der Waals surface area contributed by atoms with Crippen molar-refractivity contribution in [1.29, 1.82) is 0 Å². The molecule has 4 nitrogen and oxygen atoms in total. The summed E-state index contributed by atoms with van der Waals surface area (Å²) in [5.41, 5.74) is 0.919. The summed E-state index contributed by atoms with van der Waals surface area (Å²) >= 11 is 5.83. The number of carboxylic acids is 1. The van der Waals surface area contributed by atoms with Crippen LogP contribution in [0.2, 0.25) is 5.02 Å². The number of hydrogen-bond acceptors (Lipinski definition) is 2. The number of aromatic carboxylic acids is 1. The highest BCUT2D eigenvalue weighted by Crippen LogP contribution is 2.23. The van der Waals surface area contributed by atoms with Crippen molar-refractivity contribution in [2.45, 2.75) is 6.54 Å². The number of hydrogen-bond donors (Lipinski definition) is 2. The van der Waals surface area contributed by atoms with E-state index in [9.17, 15) is 4.79 Å². The van der Waals surface area contributed by atoms with Crippen LogP contribution in [0.3, 0.4) is 0 Å². The molecule has 0 spiro atoms. The third-order valence-corrected chi connectivity index (χ3v) is 2.64. The fourth-order valence-corrected chi connectivity index (χ4v) is 1.94. The molecule has 0 aliphatic carbocycles. The van der Waals surface area contributed by atoms with E-state index in [4.69, 9.17) is 21.8 Å². The molecule has 2 rings (SSSR count). The lowest BCUT2D eigenvalue weighted by molar-refractivity contribution is 0.0684. The van der Waals surface area contributed by atoms with Gasteiger partial charge < -0.3 is 14.8 Å². The fourth-order valence-electron chi connectivity index (χ4n) is 1.76. The van der Waals surface area contributed by atoms with Gasteiger partial charge in [0, 0.05) is 22.5 Å². The van der Waals surface area contributed by atoms with Crippen LogP contribution in [0.25, 0.3) is 10.9 Å². The van der Waals surface area contributed by atoms with Crippen molar-refractivity contribution < 1.29 is 15.0 Å². The minimum absolute atomic E-state index is 0.104. The Hall–Kier alpha value is -1.52. The first-order valence-electron chi connectivity index (χ1n) is 4.76. The van der Waals surface area contributed by atoms with E-state index < -0.39 is 5.97 Å². The first-order chi connectivity index (χ1) is 7.63. The predicted molar refractivity (Wildman–Crippen MR) is 61.0 cm³/mol. The molecule has 1 aromatic heterocycles. The van der Waals surface area contributed by atoms with Gasteiger partial charge >= 0.3 is 5.97 Å². The molecule has 0 bridgehead atoms. The quantitative estimate of drug-likeness (QED) is 0.861. The normalized spacial score (nSPS) is 10.9. The second-order valence-electron chi connectivity index (χ2n) is 3.41. The molecule has 0 saturated heterocycles. The van der Waals surface area contributed by atoms with Gasteiger partial charge in [0.1, 0.15) is 5.69 Å². The molecule has 16 heavy (non-hydrogen) atoms. The van der Waals surface area contributed by atoms with Crippen LogP contribution in [0.15, 0.2) is 24.3 Å². The highest BCUT2D eigenvalue weighted by molar-refractivity contribution is 6.31. The highest BCUT2D eigenvalue weighted by Gasteiger charge is 2.14. The van der Waals surface area contributed by atoms with E-state index in [1.807, 2.05) is 0 Å². The van der Waals surface area contributed by atoms with E-state index in [0.717, 1.165) is 10.9 Å². The number of fused-ring (bicyclic) bond motifs is 1.